The molecule has 2 amide bonds. The summed E-state index contributed by atoms with van der Waals surface area (Å²) in [4.78, 5) is 91.0. The Morgan fingerprint density at radius 2 is 1.50 bits per heavy atom. The number of methoxy groups -OCH3 is 1. The summed E-state index contributed by atoms with van der Waals surface area (Å²) in [5.41, 5.74) is -1.50. The Morgan fingerprint density at radius 1 is 0.947 bits per heavy atom. The molecule has 5 atom stereocenters. The fraction of sp³-hybridized carbons (Fsp3) is 0.375. The minimum atomic E-state index is -1.82. The first-order valence-electron chi connectivity index (χ1n) is 11.3. The lowest BCUT2D eigenvalue weighted by Crippen LogP contribution is -2.56. The maximum Gasteiger partial charge on any atom is 0.331 e. The molecule has 0 bridgehead atoms. The largest absolute Gasteiger partial charge is 0.467 e. The van der Waals surface area contributed by atoms with Crippen molar-refractivity contribution >= 4 is 29.7 Å². The zero-order valence-corrected chi connectivity index (χ0v) is 20.7. The average molecular weight is 529 g/mol. The van der Waals surface area contributed by atoms with E-state index in [4.69, 9.17) is 18.9 Å². The van der Waals surface area contributed by atoms with Crippen molar-refractivity contribution in [2.45, 2.75) is 51.4 Å². The Labute approximate surface area is 214 Å². The third-order valence-corrected chi connectivity index (χ3v) is 6.11. The summed E-state index contributed by atoms with van der Waals surface area (Å²) in [5, 5.41) is 0. The van der Waals surface area contributed by atoms with Crippen LogP contribution in [0.3, 0.4) is 0 Å². The molecule has 0 aliphatic carbocycles. The lowest BCUT2D eigenvalue weighted by Gasteiger charge is -2.31. The van der Waals surface area contributed by atoms with Gasteiger partial charge in [-0.3, -0.25) is 38.4 Å². The zero-order valence-electron chi connectivity index (χ0n) is 20.7. The van der Waals surface area contributed by atoms with Crippen molar-refractivity contribution in [1.29, 1.82) is 0 Å². The van der Waals surface area contributed by atoms with E-state index in [1.807, 2.05) is 0 Å². The van der Waals surface area contributed by atoms with Gasteiger partial charge in [0.1, 0.15) is 6.10 Å². The third kappa shape index (κ3) is 4.49. The van der Waals surface area contributed by atoms with Crippen LogP contribution in [-0.4, -0.2) is 75.6 Å². The first kappa shape index (κ1) is 26.5. The number of ether oxygens (including phenoxy) is 4. The number of hydrogen-bond donors (Lipinski definition) is 1. The predicted molar refractivity (Wildman–Crippen MR) is 124 cm³/mol. The van der Waals surface area contributed by atoms with Gasteiger partial charge in [-0.15, -0.1) is 0 Å². The minimum Gasteiger partial charge on any atom is -0.467 e. The minimum absolute atomic E-state index is 0.0222. The molecule has 2 aliphatic rings. The Hall–Kier alpha value is -4.59. The van der Waals surface area contributed by atoms with E-state index in [1.54, 1.807) is 0 Å². The van der Waals surface area contributed by atoms with Crippen LogP contribution in [0, 0.1) is 6.92 Å². The van der Waals surface area contributed by atoms with Crippen molar-refractivity contribution in [3.63, 3.8) is 0 Å². The number of carbonyl (C=O) groups excluding carboxylic acids is 5. The number of benzene rings is 1. The number of rotatable bonds is 6. The number of amides is 2. The number of aryl methyl sites for hydroxylation is 1. The smallest absolute Gasteiger partial charge is 0.331 e. The number of H-pyrrole nitrogens is 1. The van der Waals surface area contributed by atoms with Gasteiger partial charge in [0, 0.05) is 25.6 Å². The van der Waals surface area contributed by atoms with Crippen molar-refractivity contribution < 1.29 is 42.9 Å². The van der Waals surface area contributed by atoms with Crippen LogP contribution in [0.1, 0.15) is 46.4 Å². The highest BCUT2D eigenvalue weighted by atomic mass is 16.6. The van der Waals surface area contributed by atoms with Crippen molar-refractivity contribution in [3.8, 4) is 0 Å². The predicted octanol–water partition coefficient (Wildman–Crippen LogP) is -0.556. The van der Waals surface area contributed by atoms with Gasteiger partial charge < -0.3 is 18.9 Å². The van der Waals surface area contributed by atoms with Crippen LogP contribution in [-0.2, 0) is 33.3 Å². The van der Waals surface area contributed by atoms with Crippen molar-refractivity contribution in [1.82, 2.24) is 14.5 Å². The maximum absolute atomic E-state index is 13.3. The van der Waals surface area contributed by atoms with Crippen molar-refractivity contribution in [2.75, 3.05) is 7.11 Å². The molecule has 2 aliphatic heterocycles. The number of nitrogens with one attached hydrogen (secondary N) is 1. The summed E-state index contributed by atoms with van der Waals surface area (Å²) in [6.07, 6.45) is -5.19. The number of fused-ring (bicyclic) bond motifs is 1. The van der Waals surface area contributed by atoms with Crippen LogP contribution in [0.2, 0.25) is 0 Å². The number of carbonyl (C=O) groups is 5. The van der Waals surface area contributed by atoms with E-state index >= 15 is 0 Å². The van der Waals surface area contributed by atoms with Gasteiger partial charge in [-0.1, -0.05) is 12.1 Å². The van der Waals surface area contributed by atoms with Crippen LogP contribution in [0.15, 0.2) is 40.1 Å². The average Bonchev–Trinajstić information content (AvgIpc) is 3.31. The first-order chi connectivity index (χ1) is 18.0. The number of esters is 3. The van der Waals surface area contributed by atoms with Gasteiger partial charge >= 0.3 is 23.6 Å². The summed E-state index contributed by atoms with van der Waals surface area (Å²) >= 11 is 0. The summed E-state index contributed by atoms with van der Waals surface area (Å²) in [5.74, 6) is -4.51. The van der Waals surface area contributed by atoms with Gasteiger partial charge in [-0.25, -0.2) is 9.59 Å². The van der Waals surface area contributed by atoms with Crippen molar-refractivity contribution in [3.05, 3.63) is 68.0 Å². The normalized spacial score (nSPS) is 23.1. The van der Waals surface area contributed by atoms with Gasteiger partial charge in [-0.05, 0) is 19.1 Å². The van der Waals surface area contributed by atoms with Crippen LogP contribution >= 0.6 is 0 Å². The molecule has 14 heteroatoms. The molecule has 0 saturated carbocycles. The molecule has 1 aromatic heterocycles. The van der Waals surface area contributed by atoms with E-state index in [0.717, 1.165) is 31.7 Å². The van der Waals surface area contributed by atoms with E-state index in [1.165, 1.54) is 31.2 Å². The standard InChI is InChI=1S/C24H23N3O11/c1-10-9-26(24(34)25-19(10)30)22-18(37-12(3)29)17(36-11(2)28)16(38-22)15(23(33)35-4)27-20(31)13-7-5-6-8-14(13)21(27)32/h5-9,15-18,22H,1-4H3,(H,25,30,34)/t15-,16+,17-,18-,22-/m1/s1. The molecular formula is C24H23N3O11. The third-order valence-electron chi connectivity index (χ3n) is 6.11. The lowest BCUT2D eigenvalue weighted by atomic mass is 10.0. The Morgan fingerprint density at radius 3 is 2.03 bits per heavy atom. The first-order valence-corrected chi connectivity index (χ1v) is 11.3. The van der Waals surface area contributed by atoms with E-state index < -0.39 is 71.6 Å². The number of aromatic nitrogens is 2. The van der Waals surface area contributed by atoms with E-state index in [-0.39, 0.29) is 16.7 Å². The van der Waals surface area contributed by atoms with Gasteiger partial charge in [0.05, 0.1) is 18.2 Å². The fourth-order valence-corrected chi connectivity index (χ4v) is 4.53. The van der Waals surface area contributed by atoms with Gasteiger partial charge in [0.25, 0.3) is 17.4 Å². The molecule has 0 radical (unpaired) electrons. The maximum atomic E-state index is 13.3. The highest BCUT2D eigenvalue weighted by Gasteiger charge is 2.59. The molecule has 14 nitrogen and oxygen atoms in total. The van der Waals surface area contributed by atoms with Crippen LogP contribution in [0.4, 0.5) is 0 Å². The molecule has 38 heavy (non-hydrogen) atoms. The number of aromatic amines is 1. The van der Waals surface area contributed by atoms with E-state index in [2.05, 4.69) is 4.98 Å². The molecule has 1 fully saturated rings. The molecular weight excluding hydrogens is 506 g/mol. The van der Waals surface area contributed by atoms with Gasteiger partial charge in [0.2, 0.25) is 0 Å². The number of hydrogen-bond acceptors (Lipinski definition) is 11. The summed E-state index contributed by atoms with van der Waals surface area (Å²) in [6.45, 7) is 3.50. The Kier molecular flexibility index (Phi) is 7.00. The Bertz CT molecular complexity index is 1420. The highest BCUT2D eigenvalue weighted by Crippen LogP contribution is 2.38. The summed E-state index contributed by atoms with van der Waals surface area (Å²) in [7, 11) is 1.01. The summed E-state index contributed by atoms with van der Waals surface area (Å²) < 4.78 is 22.5. The lowest BCUT2D eigenvalue weighted by molar-refractivity contribution is -0.167. The molecule has 1 N–H and O–H groups in total. The van der Waals surface area contributed by atoms with Crippen LogP contribution < -0.4 is 11.2 Å². The van der Waals surface area contributed by atoms with E-state index in [0.29, 0.717) is 4.90 Å². The monoisotopic (exact) mass is 529 g/mol. The van der Waals surface area contributed by atoms with E-state index in [9.17, 15) is 33.6 Å². The quantitative estimate of drug-likeness (QED) is 0.288. The molecule has 1 saturated heterocycles. The second-order valence-electron chi connectivity index (χ2n) is 8.61. The number of nitrogens with zero attached hydrogens (tertiary/aromatic N) is 2. The molecule has 1 aromatic carbocycles. The molecule has 0 unspecified atom stereocenters. The number of imide groups is 1. The SMILES string of the molecule is COC(=O)[C@@H]([C@@H]1O[C@@H](n2cc(C)c(=O)[nH]c2=O)[C@H](OC(C)=O)[C@@H]1OC(C)=O)N1C(=O)c2ccccc2C1=O. The van der Waals surface area contributed by atoms with Gasteiger partial charge in [-0.2, -0.15) is 0 Å². The van der Waals surface area contributed by atoms with Gasteiger partial charge in [0.15, 0.2) is 24.5 Å². The molecule has 3 heterocycles. The Balaban J connectivity index is 1.88. The highest BCUT2D eigenvalue weighted by molar-refractivity contribution is 6.22. The van der Waals surface area contributed by atoms with Crippen LogP contribution in [0.25, 0.3) is 0 Å². The van der Waals surface area contributed by atoms with Crippen LogP contribution in [0.5, 0.6) is 0 Å². The zero-order chi connectivity index (χ0) is 27.9. The van der Waals surface area contributed by atoms with Crippen molar-refractivity contribution in [2.24, 2.45) is 0 Å². The topological polar surface area (TPSA) is 180 Å². The molecule has 2 aromatic rings. The molecule has 0 spiro atoms. The molecule has 200 valence electrons. The fourth-order valence-electron chi connectivity index (χ4n) is 4.53. The second-order valence-corrected chi connectivity index (χ2v) is 8.61. The second kappa shape index (κ2) is 10.0. The molecule has 4 rings (SSSR count). The summed E-state index contributed by atoms with van der Waals surface area (Å²) in [6, 6.07) is 4.05.